The minimum atomic E-state index is 0.291. The lowest BCUT2D eigenvalue weighted by Gasteiger charge is -2.49. The quantitative estimate of drug-likeness (QED) is 0.755. The summed E-state index contributed by atoms with van der Waals surface area (Å²) in [7, 11) is 0. The fourth-order valence-corrected chi connectivity index (χ4v) is 3.41. The van der Waals surface area contributed by atoms with Crippen LogP contribution in [0, 0.1) is 5.41 Å². The Morgan fingerprint density at radius 3 is 2.24 bits per heavy atom. The zero-order chi connectivity index (χ0) is 12.7. The van der Waals surface area contributed by atoms with Gasteiger partial charge in [0, 0.05) is 30.7 Å². The Balaban J connectivity index is 1.97. The van der Waals surface area contributed by atoms with Gasteiger partial charge in [-0.15, -0.1) is 0 Å². The largest absolute Gasteiger partial charge is 0.309 e. The lowest BCUT2D eigenvalue weighted by atomic mass is 9.74. The zero-order valence-electron chi connectivity index (χ0n) is 12.3. The first-order valence-corrected chi connectivity index (χ1v) is 7.30. The van der Waals surface area contributed by atoms with Crippen LogP contribution < -0.4 is 5.32 Å². The third kappa shape index (κ3) is 3.23. The Bertz CT molecular complexity index is 260. The summed E-state index contributed by atoms with van der Waals surface area (Å²) in [6.07, 6.45) is 5.59. The summed E-state index contributed by atoms with van der Waals surface area (Å²) in [6, 6.07) is 1.54. The molecule has 1 aliphatic carbocycles. The van der Waals surface area contributed by atoms with E-state index >= 15 is 0 Å². The van der Waals surface area contributed by atoms with E-state index in [1.807, 2.05) is 0 Å². The van der Waals surface area contributed by atoms with Crippen molar-refractivity contribution in [2.24, 2.45) is 5.41 Å². The Morgan fingerprint density at radius 1 is 1.06 bits per heavy atom. The van der Waals surface area contributed by atoms with Crippen molar-refractivity contribution in [3.05, 3.63) is 0 Å². The van der Waals surface area contributed by atoms with Gasteiger partial charge in [0.05, 0.1) is 0 Å². The van der Waals surface area contributed by atoms with Crippen molar-refractivity contribution in [3.63, 3.8) is 0 Å². The third-order valence-electron chi connectivity index (χ3n) is 4.80. The van der Waals surface area contributed by atoms with E-state index in [1.165, 1.54) is 32.2 Å². The molecule has 2 rings (SSSR count). The standard InChI is InChI=1S/C15H30N2/c1-12-10-16-15(4,5)11-17(12)13-6-8-14(2,3)9-7-13/h12-13,16H,6-11H2,1-5H3. The van der Waals surface area contributed by atoms with Crippen LogP contribution in [0.1, 0.15) is 60.3 Å². The molecule has 1 N–H and O–H groups in total. The molecule has 1 saturated carbocycles. The van der Waals surface area contributed by atoms with Gasteiger partial charge in [-0.25, -0.2) is 0 Å². The van der Waals surface area contributed by atoms with Crippen LogP contribution >= 0.6 is 0 Å². The maximum absolute atomic E-state index is 3.65. The molecule has 17 heavy (non-hydrogen) atoms. The Kier molecular flexibility index (Phi) is 3.57. The van der Waals surface area contributed by atoms with Crippen LogP contribution in [0.15, 0.2) is 0 Å². The van der Waals surface area contributed by atoms with Gasteiger partial charge in [-0.05, 0) is 51.9 Å². The van der Waals surface area contributed by atoms with E-state index in [9.17, 15) is 0 Å². The van der Waals surface area contributed by atoms with Gasteiger partial charge in [0.15, 0.2) is 0 Å². The molecule has 100 valence electrons. The van der Waals surface area contributed by atoms with Gasteiger partial charge in [0.2, 0.25) is 0 Å². The van der Waals surface area contributed by atoms with E-state index in [-0.39, 0.29) is 0 Å². The molecule has 0 radical (unpaired) electrons. The minimum absolute atomic E-state index is 0.291. The van der Waals surface area contributed by atoms with Gasteiger partial charge in [0.25, 0.3) is 0 Å². The fourth-order valence-electron chi connectivity index (χ4n) is 3.41. The molecule has 0 spiro atoms. The van der Waals surface area contributed by atoms with Crippen LogP contribution in [0.2, 0.25) is 0 Å². The molecule has 0 bridgehead atoms. The number of nitrogens with zero attached hydrogens (tertiary/aromatic N) is 1. The molecule has 2 aliphatic rings. The molecular weight excluding hydrogens is 208 g/mol. The molecule has 1 heterocycles. The number of nitrogens with one attached hydrogen (secondary N) is 1. The van der Waals surface area contributed by atoms with Gasteiger partial charge in [-0.2, -0.15) is 0 Å². The normalized spacial score (nSPS) is 34.8. The summed E-state index contributed by atoms with van der Waals surface area (Å²) in [4.78, 5) is 2.77. The van der Waals surface area contributed by atoms with Gasteiger partial charge in [0.1, 0.15) is 0 Å². The van der Waals surface area contributed by atoms with Gasteiger partial charge in [-0.1, -0.05) is 13.8 Å². The summed E-state index contributed by atoms with van der Waals surface area (Å²) < 4.78 is 0. The van der Waals surface area contributed by atoms with Crippen LogP contribution in [0.25, 0.3) is 0 Å². The highest BCUT2D eigenvalue weighted by atomic mass is 15.3. The second-order valence-electron chi connectivity index (χ2n) is 7.68. The minimum Gasteiger partial charge on any atom is -0.309 e. The number of hydrogen-bond donors (Lipinski definition) is 1. The van der Waals surface area contributed by atoms with Crippen molar-refractivity contribution in [3.8, 4) is 0 Å². The van der Waals surface area contributed by atoms with Crippen molar-refractivity contribution in [1.82, 2.24) is 10.2 Å². The van der Waals surface area contributed by atoms with Crippen LogP contribution in [0.5, 0.6) is 0 Å². The summed E-state index contributed by atoms with van der Waals surface area (Å²) in [5, 5.41) is 3.65. The molecule has 1 atom stereocenters. The number of hydrogen-bond acceptors (Lipinski definition) is 2. The number of rotatable bonds is 1. The van der Waals surface area contributed by atoms with E-state index in [0.717, 1.165) is 12.6 Å². The summed E-state index contributed by atoms with van der Waals surface area (Å²) in [6.45, 7) is 14.2. The molecule has 2 fully saturated rings. The van der Waals surface area contributed by atoms with E-state index < -0.39 is 0 Å². The maximum Gasteiger partial charge on any atom is 0.0253 e. The van der Waals surface area contributed by atoms with E-state index in [0.29, 0.717) is 17.0 Å². The molecule has 0 aromatic heterocycles. The van der Waals surface area contributed by atoms with Crippen molar-refractivity contribution in [1.29, 1.82) is 0 Å². The second kappa shape index (κ2) is 4.55. The lowest BCUT2D eigenvalue weighted by Crippen LogP contribution is -2.63. The molecule has 1 saturated heterocycles. The zero-order valence-corrected chi connectivity index (χ0v) is 12.3. The highest BCUT2D eigenvalue weighted by Crippen LogP contribution is 2.38. The van der Waals surface area contributed by atoms with E-state index in [2.05, 4.69) is 44.8 Å². The summed E-state index contributed by atoms with van der Waals surface area (Å²) >= 11 is 0. The average molecular weight is 238 g/mol. The highest BCUT2D eigenvalue weighted by molar-refractivity contribution is 4.95. The Labute approximate surface area is 107 Å². The lowest BCUT2D eigenvalue weighted by molar-refractivity contribution is 0.0278. The first kappa shape index (κ1) is 13.4. The van der Waals surface area contributed by atoms with Crippen molar-refractivity contribution >= 4 is 0 Å². The van der Waals surface area contributed by atoms with Crippen LogP contribution in [0.4, 0.5) is 0 Å². The van der Waals surface area contributed by atoms with Crippen molar-refractivity contribution in [2.45, 2.75) is 77.9 Å². The van der Waals surface area contributed by atoms with Crippen LogP contribution in [-0.2, 0) is 0 Å². The van der Waals surface area contributed by atoms with Crippen molar-refractivity contribution in [2.75, 3.05) is 13.1 Å². The van der Waals surface area contributed by atoms with Crippen LogP contribution in [-0.4, -0.2) is 35.6 Å². The Hall–Kier alpha value is -0.0800. The SMILES string of the molecule is CC1CNC(C)(C)CN1C1CCC(C)(C)CC1. The predicted molar refractivity (Wildman–Crippen MR) is 74.3 cm³/mol. The predicted octanol–water partition coefficient (Wildman–Crippen LogP) is 3.03. The smallest absolute Gasteiger partial charge is 0.0253 e. The molecule has 2 nitrogen and oxygen atoms in total. The molecule has 2 heteroatoms. The van der Waals surface area contributed by atoms with Crippen LogP contribution in [0.3, 0.4) is 0 Å². The number of piperazine rings is 1. The van der Waals surface area contributed by atoms with Gasteiger partial charge in [-0.3, -0.25) is 4.90 Å². The topological polar surface area (TPSA) is 15.3 Å². The monoisotopic (exact) mass is 238 g/mol. The summed E-state index contributed by atoms with van der Waals surface area (Å²) in [5.41, 5.74) is 0.878. The third-order valence-corrected chi connectivity index (χ3v) is 4.80. The van der Waals surface area contributed by atoms with Crippen molar-refractivity contribution < 1.29 is 0 Å². The van der Waals surface area contributed by atoms with Gasteiger partial charge >= 0.3 is 0 Å². The first-order valence-electron chi connectivity index (χ1n) is 7.30. The Morgan fingerprint density at radius 2 is 1.65 bits per heavy atom. The maximum atomic E-state index is 3.65. The molecule has 1 unspecified atom stereocenters. The molecular formula is C15H30N2. The molecule has 0 amide bonds. The molecule has 1 aliphatic heterocycles. The molecule has 0 aromatic rings. The average Bonchev–Trinajstić information content (AvgIpc) is 2.22. The van der Waals surface area contributed by atoms with E-state index in [1.54, 1.807) is 0 Å². The highest BCUT2D eigenvalue weighted by Gasteiger charge is 2.37. The summed E-state index contributed by atoms with van der Waals surface area (Å²) in [5.74, 6) is 0. The molecule has 0 aromatic carbocycles. The fraction of sp³-hybridized carbons (Fsp3) is 1.00. The van der Waals surface area contributed by atoms with E-state index in [4.69, 9.17) is 0 Å². The first-order chi connectivity index (χ1) is 7.79. The van der Waals surface area contributed by atoms with Gasteiger partial charge < -0.3 is 5.32 Å². The second-order valence-corrected chi connectivity index (χ2v) is 7.68.